The van der Waals surface area contributed by atoms with Crippen molar-refractivity contribution in [1.82, 2.24) is 4.72 Å². The maximum atomic E-state index is 13.6. The fraction of sp³-hybridized carbons (Fsp3) is 0.538. The van der Waals surface area contributed by atoms with Gasteiger partial charge in [0.05, 0.1) is 4.90 Å². The summed E-state index contributed by atoms with van der Waals surface area (Å²) in [6.45, 7) is 4.75. The molecule has 5 nitrogen and oxygen atoms in total. The van der Waals surface area contributed by atoms with Gasteiger partial charge in [-0.25, -0.2) is 17.5 Å². The van der Waals surface area contributed by atoms with Crippen molar-refractivity contribution in [2.75, 3.05) is 12.3 Å². The van der Waals surface area contributed by atoms with Crippen LogP contribution in [0.25, 0.3) is 0 Å². The fourth-order valence-electron chi connectivity index (χ4n) is 1.88. The number of hydrogen-bond acceptors (Lipinski definition) is 4. The van der Waals surface area contributed by atoms with Crippen LogP contribution in [0.5, 0.6) is 0 Å². The van der Waals surface area contributed by atoms with Crippen molar-refractivity contribution in [3.8, 4) is 0 Å². The maximum Gasteiger partial charge on any atom is 0.241 e. The van der Waals surface area contributed by atoms with Crippen LogP contribution in [0.1, 0.15) is 32.3 Å². The summed E-state index contributed by atoms with van der Waals surface area (Å²) in [4.78, 5) is -0.174. The lowest BCUT2D eigenvalue weighted by molar-refractivity contribution is 0.233. The van der Waals surface area contributed by atoms with E-state index in [1.54, 1.807) is 6.92 Å². The minimum absolute atomic E-state index is 0.0224. The minimum Gasteiger partial charge on any atom is -0.399 e. The van der Waals surface area contributed by atoms with Gasteiger partial charge in [-0.3, -0.25) is 0 Å². The van der Waals surface area contributed by atoms with Crippen molar-refractivity contribution in [2.45, 2.75) is 44.0 Å². The van der Waals surface area contributed by atoms with E-state index in [4.69, 9.17) is 10.8 Å². The van der Waals surface area contributed by atoms with Gasteiger partial charge in [-0.05, 0) is 38.8 Å². The van der Waals surface area contributed by atoms with Crippen LogP contribution in [0, 0.1) is 12.7 Å². The largest absolute Gasteiger partial charge is 0.399 e. The number of aliphatic hydroxyl groups is 1. The van der Waals surface area contributed by atoms with Gasteiger partial charge in [0.15, 0.2) is 0 Å². The number of nitrogens with one attached hydrogen (secondary N) is 1. The van der Waals surface area contributed by atoms with E-state index < -0.39 is 21.4 Å². The molecule has 1 rings (SSSR count). The smallest absolute Gasteiger partial charge is 0.241 e. The summed E-state index contributed by atoms with van der Waals surface area (Å²) >= 11 is 0. The zero-order valence-corrected chi connectivity index (χ0v) is 12.7. The van der Waals surface area contributed by atoms with Gasteiger partial charge in [-0.15, -0.1) is 0 Å². The number of benzene rings is 1. The van der Waals surface area contributed by atoms with Gasteiger partial charge in [0.2, 0.25) is 10.0 Å². The second-order valence-corrected chi connectivity index (χ2v) is 6.77. The molecule has 7 heteroatoms. The van der Waals surface area contributed by atoms with Crippen molar-refractivity contribution in [2.24, 2.45) is 0 Å². The lowest BCUT2D eigenvalue weighted by Crippen LogP contribution is -2.46. The predicted molar refractivity (Wildman–Crippen MR) is 76.3 cm³/mol. The van der Waals surface area contributed by atoms with Crippen LogP contribution in [0.15, 0.2) is 17.0 Å². The third kappa shape index (κ3) is 3.68. The maximum absolute atomic E-state index is 13.6. The van der Waals surface area contributed by atoms with Crippen molar-refractivity contribution in [1.29, 1.82) is 0 Å². The number of halogens is 1. The van der Waals surface area contributed by atoms with Crippen LogP contribution < -0.4 is 10.5 Å². The Balaban J connectivity index is 3.24. The molecule has 0 amide bonds. The lowest BCUT2D eigenvalue weighted by Gasteiger charge is -2.29. The van der Waals surface area contributed by atoms with Crippen molar-refractivity contribution >= 4 is 15.7 Å². The highest BCUT2D eigenvalue weighted by Gasteiger charge is 2.30. The summed E-state index contributed by atoms with van der Waals surface area (Å²) in [5, 5.41) is 9.03. The van der Waals surface area contributed by atoms with E-state index in [1.165, 1.54) is 13.0 Å². The van der Waals surface area contributed by atoms with E-state index in [0.29, 0.717) is 6.42 Å². The molecule has 0 aliphatic rings. The summed E-state index contributed by atoms with van der Waals surface area (Å²) in [7, 11) is -3.91. The summed E-state index contributed by atoms with van der Waals surface area (Å²) in [6.07, 6.45) is 0.767. The second-order valence-electron chi connectivity index (χ2n) is 5.12. The monoisotopic (exact) mass is 304 g/mol. The van der Waals surface area contributed by atoms with Crippen LogP contribution in [0.3, 0.4) is 0 Å². The zero-order valence-electron chi connectivity index (χ0n) is 11.9. The average Bonchev–Trinajstić information content (AvgIpc) is 2.33. The van der Waals surface area contributed by atoms with Crippen LogP contribution in [-0.2, 0) is 10.0 Å². The highest BCUT2D eigenvalue weighted by molar-refractivity contribution is 7.89. The van der Waals surface area contributed by atoms with Crippen molar-refractivity contribution < 1.29 is 17.9 Å². The van der Waals surface area contributed by atoms with Crippen LogP contribution in [0.2, 0.25) is 0 Å². The number of aliphatic hydroxyl groups excluding tert-OH is 1. The average molecular weight is 304 g/mol. The molecule has 114 valence electrons. The number of hydrogen-bond donors (Lipinski definition) is 3. The Morgan fingerprint density at radius 3 is 2.55 bits per heavy atom. The molecule has 20 heavy (non-hydrogen) atoms. The Morgan fingerprint density at radius 2 is 2.05 bits per heavy atom. The second kappa shape index (κ2) is 6.07. The molecule has 0 aliphatic heterocycles. The quantitative estimate of drug-likeness (QED) is 0.695. The summed E-state index contributed by atoms with van der Waals surface area (Å²) in [5.74, 6) is -0.661. The molecule has 0 saturated heterocycles. The summed E-state index contributed by atoms with van der Waals surface area (Å²) in [5.41, 5.74) is 4.79. The van der Waals surface area contributed by atoms with Gasteiger partial charge in [-0.1, -0.05) is 6.92 Å². The Hall–Kier alpha value is -1.18. The van der Waals surface area contributed by atoms with Crippen molar-refractivity contribution in [3.63, 3.8) is 0 Å². The number of anilines is 1. The molecule has 0 aromatic heterocycles. The van der Waals surface area contributed by atoms with Gasteiger partial charge in [0.1, 0.15) is 5.82 Å². The summed E-state index contributed by atoms with van der Waals surface area (Å²) in [6, 6.07) is 2.32. The van der Waals surface area contributed by atoms with Gasteiger partial charge in [0.25, 0.3) is 0 Å². The molecular formula is C13H21FN2O3S. The van der Waals surface area contributed by atoms with Gasteiger partial charge >= 0.3 is 0 Å². The molecule has 0 fully saturated rings. The standard InChI is InChI=1S/C13H21FN2O3S/c1-4-13(3,5-6-17)16-20(18,19)12-8-10(15)7-11(14)9(12)2/h7-8,16-17H,4-6,15H2,1-3H3. The third-order valence-corrected chi connectivity index (χ3v) is 5.20. The Kier molecular flexibility index (Phi) is 5.12. The molecule has 1 aromatic carbocycles. The van der Waals surface area contributed by atoms with Gasteiger partial charge < -0.3 is 10.8 Å². The van der Waals surface area contributed by atoms with Gasteiger partial charge in [0, 0.05) is 23.4 Å². The topological polar surface area (TPSA) is 92.4 Å². The molecule has 1 unspecified atom stereocenters. The first kappa shape index (κ1) is 16.9. The van der Waals surface area contributed by atoms with Gasteiger partial charge in [-0.2, -0.15) is 0 Å². The van der Waals surface area contributed by atoms with Crippen molar-refractivity contribution in [3.05, 3.63) is 23.5 Å². The first-order valence-electron chi connectivity index (χ1n) is 6.35. The molecule has 0 radical (unpaired) electrons. The Morgan fingerprint density at radius 1 is 1.45 bits per heavy atom. The van der Waals surface area contributed by atoms with E-state index in [9.17, 15) is 12.8 Å². The van der Waals surface area contributed by atoms with E-state index in [2.05, 4.69) is 4.72 Å². The molecule has 0 saturated carbocycles. The summed E-state index contributed by atoms with van der Waals surface area (Å²) < 4.78 is 40.9. The van der Waals surface area contributed by atoms with E-state index in [1.807, 2.05) is 6.92 Å². The highest BCUT2D eigenvalue weighted by atomic mass is 32.2. The molecule has 4 N–H and O–H groups in total. The molecule has 0 aliphatic carbocycles. The molecule has 0 bridgehead atoms. The fourth-order valence-corrected chi connectivity index (χ4v) is 3.68. The molecule has 1 atom stereocenters. The highest BCUT2D eigenvalue weighted by Crippen LogP contribution is 2.24. The zero-order chi connectivity index (χ0) is 15.6. The minimum atomic E-state index is -3.91. The number of nitrogens with two attached hydrogens (primary N) is 1. The number of nitrogen functional groups attached to an aromatic ring is 1. The number of rotatable bonds is 6. The third-order valence-electron chi connectivity index (χ3n) is 3.43. The molecule has 1 aromatic rings. The first-order valence-corrected chi connectivity index (χ1v) is 7.84. The predicted octanol–water partition coefficient (Wildman–Crippen LogP) is 1.55. The lowest BCUT2D eigenvalue weighted by atomic mass is 9.97. The van der Waals surface area contributed by atoms with Crippen LogP contribution in [0.4, 0.5) is 10.1 Å². The molecular weight excluding hydrogens is 283 g/mol. The Bertz CT molecular complexity index is 590. The van der Waals surface area contributed by atoms with Crippen LogP contribution >= 0.6 is 0 Å². The Labute approximate surface area is 119 Å². The molecule has 0 spiro atoms. The van der Waals surface area contributed by atoms with Crippen LogP contribution in [-0.4, -0.2) is 25.7 Å². The van der Waals surface area contributed by atoms with E-state index >= 15 is 0 Å². The van der Waals surface area contributed by atoms with E-state index in [-0.39, 0.29) is 29.2 Å². The first-order chi connectivity index (χ1) is 9.15. The SMILES string of the molecule is CCC(C)(CCO)NS(=O)(=O)c1cc(N)cc(F)c1C. The normalized spacial score (nSPS) is 15.1. The van der Waals surface area contributed by atoms with E-state index in [0.717, 1.165) is 6.07 Å². The molecule has 0 heterocycles. The number of sulfonamides is 1.